The molecule has 0 unspecified atom stereocenters. The van der Waals surface area contributed by atoms with Crippen molar-refractivity contribution in [2.24, 2.45) is 11.8 Å². The molecule has 1 aliphatic rings. The van der Waals surface area contributed by atoms with Crippen molar-refractivity contribution in [2.45, 2.75) is 26.7 Å². The van der Waals surface area contributed by atoms with Crippen molar-refractivity contribution < 1.29 is 4.92 Å². The number of piperidine rings is 1. The van der Waals surface area contributed by atoms with Gasteiger partial charge in [-0.2, -0.15) is 0 Å². The van der Waals surface area contributed by atoms with Crippen molar-refractivity contribution >= 4 is 17.3 Å². The average molecular weight is 264 g/mol. The van der Waals surface area contributed by atoms with Gasteiger partial charge in [-0.25, -0.2) is 4.98 Å². The van der Waals surface area contributed by atoms with Gasteiger partial charge in [-0.05, 0) is 24.7 Å². The van der Waals surface area contributed by atoms with Gasteiger partial charge < -0.3 is 10.6 Å². The minimum Gasteiger partial charge on any atom is -0.383 e. The van der Waals surface area contributed by atoms with Crippen LogP contribution in [0.2, 0.25) is 0 Å². The zero-order chi connectivity index (χ0) is 14.0. The fourth-order valence-corrected chi connectivity index (χ4v) is 2.58. The Labute approximate surface area is 112 Å². The number of hydrogen-bond acceptors (Lipinski definition) is 5. The number of nitrogens with two attached hydrogens (primary N) is 1. The lowest BCUT2D eigenvalue weighted by atomic mass is 9.87. The maximum absolute atomic E-state index is 10.8. The van der Waals surface area contributed by atoms with E-state index in [0.717, 1.165) is 31.8 Å². The van der Waals surface area contributed by atoms with E-state index < -0.39 is 4.92 Å². The molecule has 0 atom stereocenters. The Morgan fingerprint density at radius 1 is 1.42 bits per heavy atom. The van der Waals surface area contributed by atoms with Crippen LogP contribution in [-0.2, 0) is 0 Å². The van der Waals surface area contributed by atoms with E-state index in [2.05, 4.69) is 23.7 Å². The third-order valence-electron chi connectivity index (χ3n) is 3.83. The number of nitrogens with zero attached hydrogens (tertiary/aromatic N) is 3. The quantitative estimate of drug-likeness (QED) is 0.669. The van der Waals surface area contributed by atoms with Gasteiger partial charge in [0.1, 0.15) is 11.6 Å². The second-order valence-electron chi connectivity index (χ2n) is 5.43. The minimum atomic E-state index is -0.428. The molecule has 0 radical (unpaired) electrons. The summed E-state index contributed by atoms with van der Waals surface area (Å²) < 4.78 is 0. The van der Waals surface area contributed by atoms with Gasteiger partial charge >= 0.3 is 0 Å². The van der Waals surface area contributed by atoms with Gasteiger partial charge in [0.2, 0.25) is 0 Å². The van der Waals surface area contributed by atoms with Gasteiger partial charge in [-0.1, -0.05) is 13.8 Å². The van der Waals surface area contributed by atoms with E-state index in [-0.39, 0.29) is 11.5 Å². The first-order valence-electron chi connectivity index (χ1n) is 6.64. The topological polar surface area (TPSA) is 85.3 Å². The second-order valence-corrected chi connectivity index (χ2v) is 5.43. The third kappa shape index (κ3) is 3.13. The summed E-state index contributed by atoms with van der Waals surface area (Å²) in [4.78, 5) is 16.7. The van der Waals surface area contributed by atoms with E-state index >= 15 is 0 Å². The van der Waals surface area contributed by atoms with Crippen molar-refractivity contribution in [3.8, 4) is 0 Å². The van der Waals surface area contributed by atoms with Crippen LogP contribution in [0.25, 0.3) is 0 Å². The molecule has 6 nitrogen and oxygen atoms in total. The third-order valence-corrected chi connectivity index (χ3v) is 3.83. The number of rotatable bonds is 3. The zero-order valence-corrected chi connectivity index (χ0v) is 11.4. The van der Waals surface area contributed by atoms with E-state index in [1.807, 2.05) is 0 Å². The molecule has 1 aliphatic heterocycles. The Morgan fingerprint density at radius 2 is 2.05 bits per heavy atom. The molecular formula is C13H20N4O2. The predicted molar refractivity (Wildman–Crippen MR) is 75.1 cm³/mol. The highest BCUT2D eigenvalue weighted by Gasteiger charge is 2.23. The summed E-state index contributed by atoms with van der Waals surface area (Å²) in [5, 5.41) is 10.8. The number of pyridine rings is 1. The van der Waals surface area contributed by atoms with E-state index in [0.29, 0.717) is 11.7 Å². The summed E-state index contributed by atoms with van der Waals surface area (Å²) in [6.45, 7) is 6.25. The molecule has 0 bridgehead atoms. The Bertz CT molecular complexity index is 468. The zero-order valence-electron chi connectivity index (χ0n) is 11.4. The number of nitro groups is 1. The van der Waals surface area contributed by atoms with Crippen LogP contribution in [0.4, 0.5) is 17.3 Å². The molecule has 6 heteroatoms. The van der Waals surface area contributed by atoms with Gasteiger partial charge in [0.05, 0.1) is 17.1 Å². The highest BCUT2D eigenvalue weighted by Crippen LogP contribution is 2.29. The first-order valence-corrected chi connectivity index (χ1v) is 6.64. The van der Waals surface area contributed by atoms with E-state index in [1.54, 1.807) is 0 Å². The maximum atomic E-state index is 10.8. The van der Waals surface area contributed by atoms with Crippen LogP contribution in [0, 0.1) is 22.0 Å². The van der Waals surface area contributed by atoms with Crippen molar-refractivity contribution in [1.29, 1.82) is 0 Å². The second kappa shape index (κ2) is 5.42. The van der Waals surface area contributed by atoms with Crippen LogP contribution in [0.5, 0.6) is 0 Å². The monoisotopic (exact) mass is 264 g/mol. The summed E-state index contributed by atoms with van der Waals surface area (Å²) in [6.07, 6.45) is 2.20. The smallest absolute Gasteiger partial charge is 0.276 e. The van der Waals surface area contributed by atoms with E-state index in [9.17, 15) is 10.1 Å². The summed E-state index contributed by atoms with van der Waals surface area (Å²) in [6, 6.07) is 2.80. The Hall–Kier alpha value is -1.85. The van der Waals surface area contributed by atoms with Crippen LogP contribution in [0.15, 0.2) is 12.1 Å². The molecule has 0 saturated carbocycles. The fraction of sp³-hybridized carbons (Fsp3) is 0.615. The molecule has 2 rings (SSSR count). The Balaban J connectivity index is 2.13. The molecule has 104 valence electrons. The van der Waals surface area contributed by atoms with Crippen LogP contribution in [-0.4, -0.2) is 23.0 Å². The van der Waals surface area contributed by atoms with Gasteiger partial charge in [0.25, 0.3) is 5.69 Å². The number of anilines is 2. The molecule has 1 fully saturated rings. The normalized spacial score (nSPS) is 16.9. The number of nitrogen functional groups attached to an aromatic ring is 1. The maximum Gasteiger partial charge on any atom is 0.276 e. The molecule has 1 aromatic rings. The molecular weight excluding hydrogens is 244 g/mol. The van der Waals surface area contributed by atoms with Crippen LogP contribution in [0.3, 0.4) is 0 Å². The lowest BCUT2D eigenvalue weighted by molar-refractivity contribution is -0.384. The van der Waals surface area contributed by atoms with Gasteiger partial charge in [-0.3, -0.25) is 10.1 Å². The average Bonchev–Trinajstić information content (AvgIpc) is 2.38. The molecule has 0 amide bonds. The SMILES string of the molecule is CC(C)C1CCN(c2cc([N+](=O)[O-])cc(N)n2)CC1. The summed E-state index contributed by atoms with van der Waals surface area (Å²) in [5.41, 5.74) is 5.65. The largest absolute Gasteiger partial charge is 0.383 e. The highest BCUT2D eigenvalue weighted by molar-refractivity contribution is 5.54. The van der Waals surface area contributed by atoms with Gasteiger partial charge in [0.15, 0.2) is 0 Å². The van der Waals surface area contributed by atoms with Crippen molar-refractivity contribution in [3.63, 3.8) is 0 Å². The first kappa shape index (κ1) is 13.6. The number of aromatic nitrogens is 1. The van der Waals surface area contributed by atoms with Gasteiger partial charge in [-0.15, -0.1) is 0 Å². The molecule has 1 saturated heterocycles. The highest BCUT2D eigenvalue weighted by atomic mass is 16.6. The molecule has 19 heavy (non-hydrogen) atoms. The van der Waals surface area contributed by atoms with Crippen LogP contribution >= 0.6 is 0 Å². The van der Waals surface area contributed by atoms with E-state index in [4.69, 9.17) is 5.73 Å². The first-order chi connectivity index (χ1) is 8.97. The lowest BCUT2D eigenvalue weighted by Crippen LogP contribution is -2.35. The molecule has 2 N–H and O–H groups in total. The minimum absolute atomic E-state index is 0.00785. The van der Waals surface area contributed by atoms with E-state index in [1.165, 1.54) is 12.1 Å². The Kier molecular flexibility index (Phi) is 3.87. The lowest BCUT2D eigenvalue weighted by Gasteiger charge is -2.34. The molecule has 1 aromatic heterocycles. The summed E-state index contributed by atoms with van der Waals surface area (Å²) in [7, 11) is 0. The number of hydrogen-bond donors (Lipinski definition) is 1. The van der Waals surface area contributed by atoms with Crippen molar-refractivity contribution in [1.82, 2.24) is 4.98 Å². The van der Waals surface area contributed by atoms with Gasteiger partial charge in [0, 0.05) is 13.1 Å². The molecule has 0 aliphatic carbocycles. The van der Waals surface area contributed by atoms with Crippen LogP contribution in [0.1, 0.15) is 26.7 Å². The molecule has 0 spiro atoms. The van der Waals surface area contributed by atoms with Crippen LogP contribution < -0.4 is 10.6 Å². The standard InChI is InChI=1S/C13H20N4O2/c1-9(2)10-3-5-16(6-4-10)13-8-11(17(18)19)7-12(14)15-13/h7-10H,3-6H2,1-2H3,(H2,14,15). The molecule has 0 aromatic carbocycles. The Morgan fingerprint density at radius 3 is 2.58 bits per heavy atom. The summed E-state index contributed by atoms with van der Waals surface area (Å²) in [5.74, 6) is 2.24. The van der Waals surface area contributed by atoms with Crippen molar-refractivity contribution in [3.05, 3.63) is 22.2 Å². The summed E-state index contributed by atoms with van der Waals surface area (Å²) >= 11 is 0. The van der Waals surface area contributed by atoms with Crippen molar-refractivity contribution in [2.75, 3.05) is 23.7 Å². The predicted octanol–water partition coefficient (Wildman–Crippen LogP) is 2.44. The fourth-order valence-electron chi connectivity index (χ4n) is 2.58. The molecule has 2 heterocycles.